The molecule has 1 aromatic carbocycles. The second kappa shape index (κ2) is 3.89. The zero-order chi connectivity index (χ0) is 12.6. The molecule has 0 amide bonds. The zero-order valence-corrected chi connectivity index (χ0v) is 8.94. The van der Waals surface area contributed by atoms with Crippen molar-refractivity contribution >= 4 is 22.9 Å². The number of aromatic nitrogens is 1. The quantitative estimate of drug-likeness (QED) is 0.760. The van der Waals surface area contributed by atoms with Crippen molar-refractivity contribution in [2.75, 3.05) is 0 Å². The van der Waals surface area contributed by atoms with E-state index in [0.717, 1.165) is 5.56 Å². The van der Waals surface area contributed by atoms with Crippen molar-refractivity contribution in [3.8, 4) is 0 Å². The summed E-state index contributed by atoms with van der Waals surface area (Å²) >= 11 is 0. The SMILES string of the molecule is Cc1cc(CC(=O)C(=O)O)cc2oc(=O)[nH]c12. The average molecular weight is 235 g/mol. The minimum atomic E-state index is -1.47. The predicted octanol–water partition coefficient (Wildman–Crippen LogP) is 0.626. The summed E-state index contributed by atoms with van der Waals surface area (Å²) in [7, 11) is 0. The Balaban J connectivity index is 2.46. The van der Waals surface area contributed by atoms with Gasteiger partial charge in [-0.1, -0.05) is 6.07 Å². The molecule has 17 heavy (non-hydrogen) atoms. The van der Waals surface area contributed by atoms with Crippen LogP contribution in [0.4, 0.5) is 0 Å². The lowest BCUT2D eigenvalue weighted by Gasteiger charge is -2.00. The zero-order valence-electron chi connectivity index (χ0n) is 8.94. The fourth-order valence-electron chi connectivity index (χ4n) is 1.66. The first-order chi connectivity index (χ1) is 7.97. The molecule has 2 N–H and O–H groups in total. The molecule has 0 bridgehead atoms. The molecule has 0 saturated heterocycles. The van der Waals surface area contributed by atoms with Crippen LogP contribution in [0.15, 0.2) is 21.3 Å². The third-order valence-electron chi connectivity index (χ3n) is 2.39. The summed E-state index contributed by atoms with van der Waals surface area (Å²) in [5, 5.41) is 8.50. The van der Waals surface area contributed by atoms with Crippen LogP contribution in [-0.4, -0.2) is 21.8 Å². The molecule has 2 rings (SSSR count). The number of Topliss-reactive ketones (excluding diaryl/α,β-unsaturated/α-hetero) is 1. The minimum absolute atomic E-state index is 0.221. The van der Waals surface area contributed by atoms with Crippen LogP contribution in [-0.2, 0) is 16.0 Å². The number of ketones is 1. The number of hydrogen-bond acceptors (Lipinski definition) is 4. The van der Waals surface area contributed by atoms with E-state index in [1.807, 2.05) is 0 Å². The van der Waals surface area contributed by atoms with Gasteiger partial charge in [0.2, 0.25) is 5.78 Å². The number of aromatic amines is 1. The number of carboxylic acids is 1. The number of aryl methyl sites for hydroxylation is 1. The van der Waals surface area contributed by atoms with Gasteiger partial charge in [-0.25, -0.2) is 9.59 Å². The van der Waals surface area contributed by atoms with Gasteiger partial charge in [0.05, 0.1) is 5.52 Å². The van der Waals surface area contributed by atoms with E-state index in [4.69, 9.17) is 9.52 Å². The molecule has 0 aliphatic rings. The highest BCUT2D eigenvalue weighted by Crippen LogP contribution is 2.18. The summed E-state index contributed by atoms with van der Waals surface area (Å²) < 4.78 is 4.86. The molecular weight excluding hydrogens is 226 g/mol. The van der Waals surface area contributed by atoms with Crippen LogP contribution in [0.2, 0.25) is 0 Å². The van der Waals surface area contributed by atoms with Gasteiger partial charge in [-0.15, -0.1) is 0 Å². The van der Waals surface area contributed by atoms with Crippen LogP contribution < -0.4 is 5.76 Å². The Hall–Kier alpha value is -2.37. The second-order valence-corrected chi connectivity index (χ2v) is 3.71. The molecule has 0 fully saturated rings. The lowest BCUT2D eigenvalue weighted by Crippen LogP contribution is -2.15. The fourth-order valence-corrected chi connectivity index (χ4v) is 1.66. The highest BCUT2D eigenvalue weighted by molar-refractivity contribution is 6.33. The number of H-pyrrole nitrogens is 1. The monoisotopic (exact) mass is 235 g/mol. The van der Waals surface area contributed by atoms with E-state index in [0.29, 0.717) is 16.7 Å². The molecule has 1 aromatic heterocycles. The summed E-state index contributed by atoms with van der Waals surface area (Å²) in [6.07, 6.45) is -0.221. The highest BCUT2D eigenvalue weighted by atomic mass is 16.4. The van der Waals surface area contributed by atoms with Gasteiger partial charge in [0, 0.05) is 6.42 Å². The molecule has 0 spiro atoms. The largest absolute Gasteiger partial charge is 0.475 e. The maximum atomic E-state index is 11.1. The van der Waals surface area contributed by atoms with E-state index >= 15 is 0 Å². The standard InChI is InChI=1S/C11H9NO5/c1-5-2-6(3-7(13)10(14)15)4-8-9(5)12-11(16)17-8/h2,4H,3H2,1H3,(H,12,16)(H,14,15). The summed E-state index contributed by atoms with van der Waals surface area (Å²) in [5.74, 6) is -2.95. The summed E-state index contributed by atoms with van der Waals surface area (Å²) in [6.45, 7) is 1.74. The van der Waals surface area contributed by atoms with Crippen molar-refractivity contribution in [1.29, 1.82) is 0 Å². The summed E-state index contributed by atoms with van der Waals surface area (Å²) in [4.78, 5) is 35.0. The molecule has 0 radical (unpaired) electrons. The van der Waals surface area contributed by atoms with E-state index in [1.165, 1.54) is 6.07 Å². The number of benzene rings is 1. The number of carbonyl (C=O) groups is 2. The molecule has 0 unspecified atom stereocenters. The van der Waals surface area contributed by atoms with Gasteiger partial charge in [-0.3, -0.25) is 9.78 Å². The first kappa shape index (κ1) is 11.1. The Bertz CT molecular complexity index is 664. The maximum Gasteiger partial charge on any atom is 0.417 e. The van der Waals surface area contributed by atoms with E-state index in [2.05, 4.69) is 4.98 Å². The van der Waals surface area contributed by atoms with Crippen molar-refractivity contribution in [3.05, 3.63) is 33.8 Å². The van der Waals surface area contributed by atoms with Gasteiger partial charge in [0.1, 0.15) is 0 Å². The van der Waals surface area contributed by atoms with Crippen molar-refractivity contribution in [1.82, 2.24) is 4.98 Å². The van der Waals surface area contributed by atoms with Crippen molar-refractivity contribution in [3.63, 3.8) is 0 Å². The lowest BCUT2D eigenvalue weighted by molar-refractivity contribution is -0.148. The molecule has 0 aliphatic heterocycles. The van der Waals surface area contributed by atoms with E-state index in [-0.39, 0.29) is 6.42 Å². The lowest BCUT2D eigenvalue weighted by atomic mass is 10.1. The second-order valence-electron chi connectivity index (χ2n) is 3.71. The number of hydrogen-bond donors (Lipinski definition) is 2. The molecule has 0 atom stereocenters. The van der Waals surface area contributed by atoms with Crippen LogP contribution in [0.5, 0.6) is 0 Å². The minimum Gasteiger partial charge on any atom is -0.475 e. The molecule has 88 valence electrons. The first-order valence-corrected chi connectivity index (χ1v) is 4.86. The topological polar surface area (TPSA) is 100 Å². The maximum absolute atomic E-state index is 11.1. The van der Waals surface area contributed by atoms with Gasteiger partial charge >= 0.3 is 11.7 Å². The summed E-state index contributed by atoms with van der Waals surface area (Å²) in [6, 6.07) is 3.13. The van der Waals surface area contributed by atoms with Gasteiger partial charge in [-0.2, -0.15) is 0 Å². The molecule has 2 aromatic rings. The van der Waals surface area contributed by atoms with Crippen LogP contribution in [0.3, 0.4) is 0 Å². The normalized spacial score (nSPS) is 10.6. The molecular formula is C11H9NO5. The van der Waals surface area contributed by atoms with E-state index < -0.39 is 17.5 Å². The van der Waals surface area contributed by atoms with Gasteiger partial charge < -0.3 is 9.52 Å². The van der Waals surface area contributed by atoms with Crippen molar-refractivity contribution < 1.29 is 19.1 Å². The smallest absolute Gasteiger partial charge is 0.417 e. The fraction of sp³-hybridized carbons (Fsp3) is 0.182. The number of nitrogens with one attached hydrogen (secondary N) is 1. The van der Waals surface area contributed by atoms with E-state index in [1.54, 1.807) is 13.0 Å². The number of oxazole rings is 1. The Labute approximate surface area is 94.9 Å². The number of aliphatic carboxylic acids is 1. The highest BCUT2D eigenvalue weighted by Gasteiger charge is 2.14. The summed E-state index contributed by atoms with van der Waals surface area (Å²) in [5.41, 5.74) is 2.11. The van der Waals surface area contributed by atoms with Crippen LogP contribution in [0, 0.1) is 6.92 Å². The molecule has 6 nitrogen and oxygen atoms in total. The average Bonchev–Trinajstić information content (AvgIpc) is 2.59. The van der Waals surface area contributed by atoms with Gasteiger partial charge in [-0.05, 0) is 24.1 Å². The van der Waals surface area contributed by atoms with Gasteiger partial charge in [0.15, 0.2) is 5.58 Å². The Morgan fingerprint density at radius 3 is 2.76 bits per heavy atom. The third-order valence-corrected chi connectivity index (χ3v) is 2.39. The Morgan fingerprint density at radius 2 is 2.12 bits per heavy atom. The number of carbonyl (C=O) groups excluding carboxylic acids is 1. The molecule has 1 heterocycles. The Kier molecular flexibility index (Phi) is 2.55. The predicted molar refractivity (Wildman–Crippen MR) is 57.9 cm³/mol. The number of carboxylic acid groups (broad SMARTS) is 1. The Morgan fingerprint density at radius 1 is 1.41 bits per heavy atom. The molecule has 0 aliphatic carbocycles. The van der Waals surface area contributed by atoms with Gasteiger partial charge in [0.25, 0.3) is 0 Å². The van der Waals surface area contributed by atoms with Crippen LogP contribution in [0.1, 0.15) is 11.1 Å². The third kappa shape index (κ3) is 2.10. The molecule has 6 heteroatoms. The van der Waals surface area contributed by atoms with Crippen LogP contribution in [0.25, 0.3) is 11.1 Å². The van der Waals surface area contributed by atoms with Crippen molar-refractivity contribution in [2.24, 2.45) is 0 Å². The van der Waals surface area contributed by atoms with E-state index in [9.17, 15) is 14.4 Å². The first-order valence-electron chi connectivity index (χ1n) is 4.86. The molecule has 0 saturated carbocycles. The number of fused-ring (bicyclic) bond motifs is 1. The van der Waals surface area contributed by atoms with Crippen molar-refractivity contribution in [2.45, 2.75) is 13.3 Å². The van der Waals surface area contributed by atoms with Crippen LogP contribution >= 0.6 is 0 Å². The number of rotatable bonds is 3.